The predicted octanol–water partition coefficient (Wildman–Crippen LogP) is 4.49. The molecule has 1 saturated carbocycles. The van der Waals surface area contributed by atoms with Crippen LogP contribution >= 0.6 is 22.7 Å². The Morgan fingerprint density at radius 2 is 1.95 bits per heavy atom. The van der Waals surface area contributed by atoms with Crippen LogP contribution in [0.4, 0.5) is 5.13 Å². The van der Waals surface area contributed by atoms with Crippen LogP contribution in [0.25, 0.3) is 10.6 Å². The lowest BCUT2D eigenvalue weighted by Gasteiger charge is -2.03. The van der Waals surface area contributed by atoms with Crippen LogP contribution in [0.15, 0.2) is 22.9 Å². The molecule has 106 valence electrons. The maximum Gasteiger partial charge on any atom is 0.230 e. The highest BCUT2D eigenvalue weighted by atomic mass is 32.1. The third-order valence-electron chi connectivity index (χ3n) is 4.79. The average Bonchev–Trinajstić information content (AvgIpc) is 2.82. The Morgan fingerprint density at radius 1 is 1.25 bits per heavy atom. The van der Waals surface area contributed by atoms with Crippen molar-refractivity contribution in [2.45, 2.75) is 27.7 Å². The molecule has 0 radical (unpaired) electrons. The molecule has 1 aliphatic rings. The van der Waals surface area contributed by atoms with Gasteiger partial charge >= 0.3 is 0 Å². The highest BCUT2D eigenvalue weighted by Crippen LogP contribution is 2.68. The van der Waals surface area contributed by atoms with Gasteiger partial charge < -0.3 is 5.32 Å². The Balaban J connectivity index is 1.72. The number of nitrogens with one attached hydrogen (secondary N) is 1. The summed E-state index contributed by atoms with van der Waals surface area (Å²) >= 11 is 3.14. The molecule has 1 fully saturated rings. The van der Waals surface area contributed by atoms with E-state index in [9.17, 15) is 4.79 Å². The van der Waals surface area contributed by atoms with Crippen molar-refractivity contribution >= 4 is 33.7 Å². The van der Waals surface area contributed by atoms with E-state index in [-0.39, 0.29) is 22.7 Å². The van der Waals surface area contributed by atoms with Crippen LogP contribution in [0.2, 0.25) is 0 Å². The second-order valence-electron chi connectivity index (χ2n) is 6.38. The Labute approximate surface area is 127 Å². The monoisotopic (exact) mass is 306 g/mol. The maximum absolute atomic E-state index is 12.4. The number of aromatic nitrogens is 1. The third kappa shape index (κ3) is 2.00. The van der Waals surface area contributed by atoms with E-state index in [0.717, 1.165) is 10.6 Å². The number of rotatable bonds is 3. The first-order chi connectivity index (χ1) is 9.34. The summed E-state index contributed by atoms with van der Waals surface area (Å²) in [6, 6.07) is 4.05. The normalized spacial score (nSPS) is 19.8. The molecular formula is C15H18N2OS2. The Bertz CT molecular complexity index is 627. The van der Waals surface area contributed by atoms with E-state index in [1.807, 2.05) is 22.9 Å². The van der Waals surface area contributed by atoms with E-state index in [1.54, 1.807) is 11.3 Å². The van der Waals surface area contributed by atoms with Crippen LogP contribution in [0.3, 0.4) is 0 Å². The van der Waals surface area contributed by atoms with E-state index in [2.05, 4.69) is 38.0 Å². The molecule has 1 aliphatic carbocycles. The fraction of sp³-hybridized carbons (Fsp3) is 0.467. The van der Waals surface area contributed by atoms with Gasteiger partial charge in [0.25, 0.3) is 0 Å². The van der Waals surface area contributed by atoms with Gasteiger partial charge in [0.15, 0.2) is 5.13 Å². The molecular weight excluding hydrogens is 288 g/mol. The quantitative estimate of drug-likeness (QED) is 0.907. The highest BCUT2D eigenvalue weighted by Gasteiger charge is 2.68. The first-order valence-electron chi connectivity index (χ1n) is 6.64. The minimum Gasteiger partial charge on any atom is -0.302 e. The summed E-state index contributed by atoms with van der Waals surface area (Å²) in [7, 11) is 0. The fourth-order valence-corrected chi connectivity index (χ4v) is 4.37. The molecule has 0 aliphatic heterocycles. The minimum atomic E-state index is 0.0593. The van der Waals surface area contributed by atoms with Gasteiger partial charge in [-0.3, -0.25) is 4.79 Å². The van der Waals surface area contributed by atoms with Crippen molar-refractivity contribution in [3.05, 3.63) is 22.9 Å². The Kier molecular flexibility index (Phi) is 3.03. The lowest BCUT2D eigenvalue weighted by molar-refractivity contribution is -0.118. The van der Waals surface area contributed by atoms with Crippen molar-refractivity contribution in [2.24, 2.45) is 16.7 Å². The third-order valence-corrected chi connectivity index (χ3v) is 6.44. The summed E-state index contributed by atoms with van der Waals surface area (Å²) in [4.78, 5) is 18.0. The SMILES string of the molecule is CC1(C)C(C(=O)Nc2nc(-c3cccs3)cs2)C1(C)C. The molecule has 0 unspecified atom stereocenters. The summed E-state index contributed by atoms with van der Waals surface area (Å²) in [5.74, 6) is 0.149. The van der Waals surface area contributed by atoms with E-state index >= 15 is 0 Å². The van der Waals surface area contributed by atoms with Gasteiger partial charge in [-0.15, -0.1) is 22.7 Å². The topological polar surface area (TPSA) is 42.0 Å². The van der Waals surface area contributed by atoms with Crippen molar-refractivity contribution in [1.82, 2.24) is 4.98 Å². The zero-order valence-corrected chi connectivity index (χ0v) is 13.7. The van der Waals surface area contributed by atoms with Gasteiger partial charge in [0.1, 0.15) is 0 Å². The number of amides is 1. The smallest absolute Gasteiger partial charge is 0.230 e. The van der Waals surface area contributed by atoms with Gasteiger partial charge in [-0.25, -0.2) is 4.98 Å². The molecule has 3 rings (SSSR count). The van der Waals surface area contributed by atoms with Gasteiger partial charge in [-0.05, 0) is 22.3 Å². The lowest BCUT2D eigenvalue weighted by Crippen LogP contribution is -2.17. The number of carbonyl (C=O) groups excluding carboxylic acids is 1. The number of hydrogen-bond donors (Lipinski definition) is 1. The zero-order valence-electron chi connectivity index (χ0n) is 12.1. The molecule has 2 aromatic rings. The summed E-state index contributed by atoms with van der Waals surface area (Å²) in [5.41, 5.74) is 1.06. The number of anilines is 1. The Morgan fingerprint density at radius 3 is 2.50 bits per heavy atom. The summed E-state index contributed by atoms with van der Waals surface area (Å²) in [6.45, 7) is 8.60. The van der Waals surface area contributed by atoms with Crippen LogP contribution < -0.4 is 5.32 Å². The molecule has 3 nitrogen and oxygen atoms in total. The van der Waals surface area contributed by atoms with Crippen LogP contribution in [0.5, 0.6) is 0 Å². The molecule has 0 saturated heterocycles. The standard InChI is InChI=1S/C15H18N2OS2/c1-14(2)11(15(14,3)4)12(18)17-13-16-9(8-20-13)10-6-5-7-19-10/h5-8,11H,1-4H3,(H,16,17,18). The van der Waals surface area contributed by atoms with Crippen LogP contribution in [-0.2, 0) is 4.79 Å². The van der Waals surface area contributed by atoms with Crippen molar-refractivity contribution in [3.8, 4) is 10.6 Å². The second-order valence-corrected chi connectivity index (χ2v) is 8.19. The first-order valence-corrected chi connectivity index (χ1v) is 8.40. The Hall–Kier alpha value is -1.20. The van der Waals surface area contributed by atoms with Crippen molar-refractivity contribution in [3.63, 3.8) is 0 Å². The van der Waals surface area contributed by atoms with Crippen LogP contribution in [-0.4, -0.2) is 10.9 Å². The first kappa shape index (κ1) is 13.8. The van der Waals surface area contributed by atoms with Crippen LogP contribution in [0.1, 0.15) is 27.7 Å². The number of thiazole rings is 1. The lowest BCUT2D eigenvalue weighted by atomic mass is 10.0. The van der Waals surface area contributed by atoms with Gasteiger partial charge in [0.05, 0.1) is 10.6 Å². The largest absolute Gasteiger partial charge is 0.302 e. The number of hydrogen-bond acceptors (Lipinski definition) is 4. The summed E-state index contributed by atoms with van der Waals surface area (Å²) < 4.78 is 0. The van der Waals surface area contributed by atoms with Gasteiger partial charge in [-0.2, -0.15) is 0 Å². The average molecular weight is 306 g/mol. The van der Waals surface area contributed by atoms with Crippen LogP contribution in [0, 0.1) is 16.7 Å². The maximum atomic E-state index is 12.4. The van der Waals surface area contributed by atoms with E-state index in [1.165, 1.54) is 11.3 Å². The molecule has 0 bridgehead atoms. The van der Waals surface area contributed by atoms with Gasteiger partial charge in [0.2, 0.25) is 5.91 Å². The number of nitrogens with zero attached hydrogens (tertiary/aromatic N) is 1. The molecule has 1 N–H and O–H groups in total. The second kappa shape index (κ2) is 4.40. The molecule has 1 amide bonds. The molecule has 0 spiro atoms. The van der Waals surface area contributed by atoms with E-state index < -0.39 is 0 Å². The van der Waals surface area contributed by atoms with Crippen molar-refractivity contribution in [2.75, 3.05) is 5.32 Å². The molecule has 5 heteroatoms. The highest BCUT2D eigenvalue weighted by molar-refractivity contribution is 7.16. The van der Waals surface area contributed by atoms with Gasteiger partial charge in [-0.1, -0.05) is 33.8 Å². The van der Waals surface area contributed by atoms with E-state index in [4.69, 9.17) is 0 Å². The number of thiophene rings is 1. The molecule has 20 heavy (non-hydrogen) atoms. The predicted molar refractivity (Wildman–Crippen MR) is 85.1 cm³/mol. The molecule has 0 aromatic carbocycles. The minimum absolute atomic E-state index is 0.0593. The molecule has 0 atom stereocenters. The van der Waals surface area contributed by atoms with Crippen molar-refractivity contribution < 1.29 is 4.79 Å². The number of carbonyl (C=O) groups is 1. The van der Waals surface area contributed by atoms with Crippen molar-refractivity contribution in [1.29, 1.82) is 0 Å². The fourth-order valence-electron chi connectivity index (χ4n) is 2.90. The zero-order chi connectivity index (χ0) is 14.5. The summed E-state index contributed by atoms with van der Waals surface area (Å²) in [6.07, 6.45) is 0. The van der Waals surface area contributed by atoms with Gasteiger partial charge in [0, 0.05) is 11.3 Å². The van der Waals surface area contributed by atoms with E-state index in [0.29, 0.717) is 5.13 Å². The molecule has 2 aromatic heterocycles. The summed E-state index contributed by atoms with van der Waals surface area (Å²) in [5, 5.41) is 7.68. The molecule has 2 heterocycles.